The van der Waals surface area contributed by atoms with Crippen molar-refractivity contribution in [1.82, 2.24) is 19.7 Å². The van der Waals surface area contributed by atoms with Crippen LogP contribution in [0.25, 0.3) is 17.0 Å². The van der Waals surface area contributed by atoms with Gasteiger partial charge < -0.3 is 9.72 Å². The molecule has 7 heteroatoms. The van der Waals surface area contributed by atoms with E-state index in [-0.39, 0.29) is 5.97 Å². The van der Waals surface area contributed by atoms with Crippen molar-refractivity contribution in [2.24, 2.45) is 7.05 Å². The Hall–Kier alpha value is -3.35. The van der Waals surface area contributed by atoms with Crippen LogP contribution in [-0.2, 0) is 36.0 Å². The number of methoxy groups -OCH3 is 1. The number of carbonyl (C=O) groups is 1. The summed E-state index contributed by atoms with van der Waals surface area (Å²) < 4.78 is 6.67. The number of hydrogen-bond donors (Lipinski definition) is 1. The number of aromatic nitrogens is 3. The van der Waals surface area contributed by atoms with E-state index in [0.29, 0.717) is 6.04 Å². The lowest BCUT2D eigenvalue weighted by Gasteiger charge is -2.30. The van der Waals surface area contributed by atoms with Crippen molar-refractivity contribution < 1.29 is 9.53 Å². The number of benzene rings is 2. The number of nitrogens with one attached hydrogen (secondary N) is 1. The first-order valence-corrected chi connectivity index (χ1v) is 12.7. The molecule has 1 aliphatic carbocycles. The normalized spacial score (nSPS) is 15.3. The summed E-state index contributed by atoms with van der Waals surface area (Å²) in [6, 6.07) is 12.9. The van der Waals surface area contributed by atoms with E-state index in [1.54, 1.807) is 0 Å². The smallest absolute Gasteiger partial charge is 0.330 e. The maximum absolute atomic E-state index is 11.5. The molecule has 2 aromatic carbocycles. The lowest BCUT2D eigenvalue weighted by atomic mass is 10.0. The first-order valence-electron chi connectivity index (χ1n) is 12.3. The summed E-state index contributed by atoms with van der Waals surface area (Å²) in [6.45, 7) is 3.91. The Morgan fingerprint density at radius 1 is 1.28 bits per heavy atom. The number of H-pyrrole nitrogens is 1. The monoisotopic (exact) mass is 502 g/mol. The van der Waals surface area contributed by atoms with E-state index < -0.39 is 0 Å². The summed E-state index contributed by atoms with van der Waals surface area (Å²) in [5.74, 6) is -0.342. The van der Waals surface area contributed by atoms with Crippen LogP contribution < -0.4 is 0 Å². The van der Waals surface area contributed by atoms with Crippen molar-refractivity contribution in [2.45, 2.75) is 38.8 Å². The van der Waals surface area contributed by atoms with E-state index in [4.69, 9.17) is 16.3 Å². The highest BCUT2D eigenvalue weighted by Gasteiger charge is 2.29. The molecule has 1 atom stereocenters. The molecule has 1 N–H and O–H groups in total. The molecule has 186 valence electrons. The Morgan fingerprint density at radius 2 is 2.14 bits per heavy atom. The minimum atomic E-state index is -0.342. The molecule has 0 bridgehead atoms. The van der Waals surface area contributed by atoms with Gasteiger partial charge in [0.05, 0.1) is 13.3 Å². The number of fused-ring (bicyclic) bond motifs is 2. The molecule has 0 amide bonds. The molecule has 1 unspecified atom stereocenters. The van der Waals surface area contributed by atoms with Crippen molar-refractivity contribution in [2.75, 3.05) is 13.7 Å². The van der Waals surface area contributed by atoms with Gasteiger partial charge in [-0.2, -0.15) is 5.10 Å². The number of nitrogens with zero attached hydrogens (tertiary/aromatic N) is 3. The molecular formula is C29H31ClN4O2. The number of aromatic amines is 1. The van der Waals surface area contributed by atoms with Gasteiger partial charge in [0.15, 0.2) is 0 Å². The predicted octanol–water partition coefficient (Wildman–Crippen LogP) is 5.78. The molecule has 0 spiro atoms. The molecule has 36 heavy (non-hydrogen) atoms. The lowest BCUT2D eigenvalue weighted by Crippen LogP contribution is -2.29. The number of carbonyl (C=O) groups excluding carboxylic acids is 1. The molecule has 0 radical (unpaired) electrons. The molecule has 0 aliphatic heterocycles. The predicted molar refractivity (Wildman–Crippen MR) is 144 cm³/mol. The second kappa shape index (κ2) is 10.3. The number of hydrogen-bond acceptors (Lipinski definition) is 4. The second-order valence-electron chi connectivity index (χ2n) is 9.47. The van der Waals surface area contributed by atoms with Crippen LogP contribution in [0.1, 0.15) is 46.0 Å². The van der Waals surface area contributed by atoms with E-state index in [1.807, 2.05) is 36.1 Å². The molecule has 4 aromatic rings. The Kier molecular flexibility index (Phi) is 6.99. The summed E-state index contributed by atoms with van der Waals surface area (Å²) in [6.07, 6.45) is 10.4. The van der Waals surface area contributed by atoms with E-state index in [9.17, 15) is 4.79 Å². The minimum absolute atomic E-state index is 0.331. The van der Waals surface area contributed by atoms with Crippen LogP contribution >= 0.6 is 11.6 Å². The van der Waals surface area contributed by atoms with Crippen LogP contribution in [0, 0.1) is 6.92 Å². The molecule has 2 heterocycles. The summed E-state index contributed by atoms with van der Waals surface area (Å²) >= 11 is 6.19. The summed E-state index contributed by atoms with van der Waals surface area (Å²) in [4.78, 5) is 17.5. The third-order valence-corrected chi connectivity index (χ3v) is 7.61. The number of aryl methyl sites for hydroxylation is 2. The number of esters is 1. The van der Waals surface area contributed by atoms with Crippen LogP contribution in [0.2, 0.25) is 5.02 Å². The topological polar surface area (TPSA) is 63.1 Å². The molecule has 0 saturated carbocycles. The van der Waals surface area contributed by atoms with E-state index in [1.165, 1.54) is 46.5 Å². The second-order valence-corrected chi connectivity index (χ2v) is 9.91. The minimum Gasteiger partial charge on any atom is -0.466 e. The van der Waals surface area contributed by atoms with Crippen molar-refractivity contribution in [3.63, 3.8) is 0 Å². The van der Waals surface area contributed by atoms with Gasteiger partial charge in [-0.25, -0.2) is 4.79 Å². The van der Waals surface area contributed by atoms with Crippen molar-refractivity contribution in [3.05, 3.63) is 93.4 Å². The van der Waals surface area contributed by atoms with Gasteiger partial charge in [0.1, 0.15) is 0 Å². The molecule has 0 fully saturated rings. The molecule has 0 saturated heterocycles. The highest BCUT2D eigenvalue weighted by Crippen LogP contribution is 2.38. The van der Waals surface area contributed by atoms with Gasteiger partial charge >= 0.3 is 5.97 Å². The average Bonchev–Trinajstić information content (AvgIpc) is 3.57. The number of halogens is 1. The number of rotatable bonds is 8. The van der Waals surface area contributed by atoms with E-state index in [0.717, 1.165) is 48.5 Å². The van der Waals surface area contributed by atoms with Gasteiger partial charge in [-0.1, -0.05) is 35.9 Å². The maximum atomic E-state index is 11.5. The van der Waals surface area contributed by atoms with Crippen LogP contribution in [0.4, 0.5) is 0 Å². The molecule has 6 nitrogen and oxygen atoms in total. The fourth-order valence-electron chi connectivity index (χ4n) is 5.22. The van der Waals surface area contributed by atoms with Crippen molar-refractivity contribution in [3.8, 4) is 0 Å². The van der Waals surface area contributed by atoms with E-state index in [2.05, 4.69) is 52.4 Å². The number of ether oxygens (including phenoxy) is 1. The Balaban J connectivity index is 1.41. The highest BCUT2D eigenvalue weighted by molar-refractivity contribution is 6.31. The summed E-state index contributed by atoms with van der Waals surface area (Å²) in [7, 11) is 3.39. The SMILES string of the molecule is COC(=O)/C=C/c1ccc2c(c1)CCC2N(CCc1c[nH]c2cc(Cl)ccc12)Cc1cnn(C)c1C. The largest absolute Gasteiger partial charge is 0.466 e. The van der Waals surface area contributed by atoms with Gasteiger partial charge in [0.2, 0.25) is 0 Å². The third kappa shape index (κ3) is 4.97. The van der Waals surface area contributed by atoms with Crippen molar-refractivity contribution in [1.29, 1.82) is 0 Å². The standard InChI is InChI=1S/C29H31ClN4O2/c1-19-23(17-32-33(19)2)18-34(13-12-22-16-31-27-15-24(30)7-9-25(22)27)28-10-6-21-14-20(4-8-26(21)28)5-11-29(35)36-3/h4-5,7-9,11,14-17,28,31H,6,10,12-13,18H2,1-3H3/b11-5+. The fourth-order valence-corrected chi connectivity index (χ4v) is 5.40. The molecule has 5 rings (SSSR count). The Morgan fingerprint density at radius 3 is 2.92 bits per heavy atom. The van der Waals surface area contributed by atoms with Gasteiger partial charge in [-0.05, 0) is 66.6 Å². The summed E-state index contributed by atoms with van der Waals surface area (Å²) in [5, 5.41) is 6.45. The average molecular weight is 503 g/mol. The zero-order chi connectivity index (χ0) is 25.2. The fraction of sp³-hybridized carbons (Fsp3) is 0.310. The first kappa shape index (κ1) is 24.3. The Bertz CT molecular complexity index is 1430. The lowest BCUT2D eigenvalue weighted by molar-refractivity contribution is -0.134. The molecule has 1 aliphatic rings. The maximum Gasteiger partial charge on any atom is 0.330 e. The van der Waals surface area contributed by atoms with Crippen LogP contribution in [0.3, 0.4) is 0 Å². The van der Waals surface area contributed by atoms with Crippen molar-refractivity contribution >= 4 is 34.5 Å². The zero-order valence-corrected chi connectivity index (χ0v) is 21.7. The van der Waals surface area contributed by atoms with Gasteiger partial charge in [0.25, 0.3) is 0 Å². The third-order valence-electron chi connectivity index (χ3n) is 7.38. The highest BCUT2D eigenvalue weighted by atomic mass is 35.5. The quantitative estimate of drug-likeness (QED) is 0.245. The summed E-state index contributed by atoms with van der Waals surface area (Å²) in [5.41, 5.74) is 8.57. The molecular weight excluding hydrogens is 472 g/mol. The van der Waals surface area contributed by atoms with Crippen LogP contribution in [0.5, 0.6) is 0 Å². The van der Waals surface area contributed by atoms with E-state index >= 15 is 0 Å². The van der Waals surface area contributed by atoms with Gasteiger partial charge in [-0.3, -0.25) is 9.58 Å². The first-order chi connectivity index (χ1) is 17.4. The van der Waals surface area contributed by atoms with Gasteiger partial charge in [-0.15, -0.1) is 0 Å². The Labute approximate surface area is 216 Å². The zero-order valence-electron chi connectivity index (χ0n) is 20.9. The van der Waals surface area contributed by atoms with Gasteiger partial charge in [0, 0.05) is 65.6 Å². The van der Waals surface area contributed by atoms with Crippen LogP contribution in [-0.4, -0.2) is 39.3 Å². The molecule has 2 aromatic heterocycles. The van der Waals surface area contributed by atoms with Crippen LogP contribution in [0.15, 0.2) is 54.9 Å².